The lowest BCUT2D eigenvalue weighted by molar-refractivity contribution is -0.129. The molecule has 0 bridgehead atoms. The standard InChI is InChI=1S/C23H25N5O3S/c1-23(2)7-3-9-27(22(23)31)15-4-5-19-18(10-15)17(6-8-25-19)21(30)26-12-20(29)28-14-32-13-16(28)11-24/h4-6,8,10,16H,3,7,9,12-14H2,1-2H3,(H,26,30). The summed E-state index contributed by atoms with van der Waals surface area (Å²) in [5.74, 6) is 0.428. The minimum atomic E-state index is -0.458. The predicted molar refractivity (Wildman–Crippen MR) is 123 cm³/mol. The highest BCUT2D eigenvalue weighted by atomic mass is 32.2. The van der Waals surface area contributed by atoms with Crippen molar-refractivity contribution in [2.24, 2.45) is 5.41 Å². The summed E-state index contributed by atoms with van der Waals surface area (Å²) in [5.41, 5.74) is 1.34. The minimum absolute atomic E-state index is 0.0686. The largest absolute Gasteiger partial charge is 0.343 e. The molecule has 8 nitrogen and oxygen atoms in total. The molecule has 4 rings (SSSR count). The Balaban J connectivity index is 1.55. The van der Waals surface area contributed by atoms with Gasteiger partial charge in [0.25, 0.3) is 5.91 Å². The van der Waals surface area contributed by atoms with Crippen LogP contribution in [-0.2, 0) is 9.59 Å². The van der Waals surface area contributed by atoms with Gasteiger partial charge in [0.1, 0.15) is 6.04 Å². The molecule has 1 aromatic heterocycles. The van der Waals surface area contributed by atoms with Crippen LogP contribution in [0.15, 0.2) is 30.5 Å². The average molecular weight is 452 g/mol. The van der Waals surface area contributed by atoms with Crippen LogP contribution in [0.25, 0.3) is 10.9 Å². The van der Waals surface area contributed by atoms with Crippen molar-refractivity contribution in [3.05, 3.63) is 36.0 Å². The number of anilines is 1. The maximum atomic E-state index is 12.9. The lowest BCUT2D eigenvalue weighted by Crippen LogP contribution is -2.46. The third-order valence-corrected chi connectivity index (χ3v) is 7.05. The van der Waals surface area contributed by atoms with Gasteiger partial charge in [-0.1, -0.05) is 13.8 Å². The summed E-state index contributed by atoms with van der Waals surface area (Å²) in [5, 5.41) is 12.5. The monoisotopic (exact) mass is 451 g/mol. The number of nitrogens with one attached hydrogen (secondary N) is 1. The number of nitriles is 1. The third-order valence-electron chi connectivity index (χ3n) is 6.04. The smallest absolute Gasteiger partial charge is 0.252 e. The van der Waals surface area contributed by atoms with Crippen molar-refractivity contribution in [2.45, 2.75) is 32.7 Å². The van der Waals surface area contributed by atoms with E-state index in [0.717, 1.165) is 18.5 Å². The molecule has 9 heteroatoms. The van der Waals surface area contributed by atoms with Crippen LogP contribution in [-0.4, -0.2) is 58.4 Å². The molecule has 3 heterocycles. The Morgan fingerprint density at radius 2 is 2.16 bits per heavy atom. The number of carbonyl (C=O) groups excluding carboxylic acids is 3. The van der Waals surface area contributed by atoms with Crippen molar-refractivity contribution < 1.29 is 14.4 Å². The van der Waals surface area contributed by atoms with Crippen molar-refractivity contribution in [3.63, 3.8) is 0 Å². The number of rotatable bonds is 4. The zero-order valence-electron chi connectivity index (χ0n) is 18.1. The lowest BCUT2D eigenvalue weighted by Gasteiger charge is -2.37. The molecule has 32 heavy (non-hydrogen) atoms. The highest BCUT2D eigenvalue weighted by Gasteiger charge is 2.36. The van der Waals surface area contributed by atoms with Gasteiger partial charge in [0.05, 0.1) is 29.6 Å². The second-order valence-electron chi connectivity index (χ2n) is 8.70. The van der Waals surface area contributed by atoms with E-state index in [9.17, 15) is 14.4 Å². The van der Waals surface area contributed by atoms with Crippen molar-refractivity contribution in [1.82, 2.24) is 15.2 Å². The number of hydrogen-bond acceptors (Lipinski definition) is 6. The predicted octanol–water partition coefficient (Wildman–Crippen LogP) is 2.54. The molecule has 3 amide bonds. The molecule has 1 N–H and O–H groups in total. The fourth-order valence-corrected chi connectivity index (χ4v) is 5.25. The van der Waals surface area contributed by atoms with Crippen molar-refractivity contribution in [2.75, 3.05) is 29.6 Å². The molecular formula is C23H25N5O3S. The summed E-state index contributed by atoms with van der Waals surface area (Å²) in [6, 6.07) is 8.75. The van der Waals surface area contributed by atoms with E-state index in [4.69, 9.17) is 5.26 Å². The fraction of sp³-hybridized carbons (Fsp3) is 0.435. The fourth-order valence-electron chi connectivity index (χ4n) is 4.15. The number of pyridine rings is 1. The molecule has 2 aromatic rings. The minimum Gasteiger partial charge on any atom is -0.343 e. The van der Waals surface area contributed by atoms with Crippen molar-refractivity contribution in [3.8, 4) is 6.07 Å². The van der Waals surface area contributed by atoms with E-state index < -0.39 is 17.4 Å². The number of fused-ring (bicyclic) bond motifs is 1. The van der Waals surface area contributed by atoms with Crippen LogP contribution in [0, 0.1) is 16.7 Å². The molecule has 2 saturated heterocycles. The van der Waals surface area contributed by atoms with Crippen LogP contribution in [0.2, 0.25) is 0 Å². The molecule has 0 saturated carbocycles. The number of carbonyl (C=O) groups is 3. The molecule has 1 aromatic carbocycles. The first kappa shape index (κ1) is 22.1. The Kier molecular flexibility index (Phi) is 6.07. The topological polar surface area (TPSA) is 106 Å². The van der Waals surface area contributed by atoms with Gasteiger partial charge in [-0.25, -0.2) is 0 Å². The third kappa shape index (κ3) is 4.15. The Labute approximate surface area is 191 Å². The summed E-state index contributed by atoms with van der Waals surface area (Å²) < 4.78 is 0. The maximum Gasteiger partial charge on any atom is 0.252 e. The number of thioether (sulfide) groups is 1. The van der Waals surface area contributed by atoms with Crippen LogP contribution in [0.3, 0.4) is 0 Å². The summed E-state index contributed by atoms with van der Waals surface area (Å²) in [6.07, 6.45) is 3.32. The van der Waals surface area contributed by atoms with E-state index in [2.05, 4.69) is 16.4 Å². The molecular weight excluding hydrogens is 426 g/mol. The van der Waals surface area contributed by atoms with Gasteiger partial charge in [-0.15, -0.1) is 11.8 Å². The zero-order chi connectivity index (χ0) is 22.9. The molecule has 2 aliphatic heterocycles. The summed E-state index contributed by atoms with van der Waals surface area (Å²) in [7, 11) is 0. The molecule has 0 spiro atoms. The van der Waals surface area contributed by atoms with Gasteiger partial charge in [-0.05, 0) is 37.1 Å². The van der Waals surface area contributed by atoms with E-state index >= 15 is 0 Å². The Bertz CT molecular complexity index is 1130. The highest BCUT2D eigenvalue weighted by Crippen LogP contribution is 2.34. The van der Waals surface area contributed by atoms with Gasteiger partial charge < -0.3 is 15.1 Å². The molecule has 2 aliphatic rings. The Morgan fingerprint density at radius 3 is 2.94 bits per heavy atom. The molecule has 1 atom stereocenters. The second kappa shape index (κ2) is 8.79. The van der Waals surface area contributed by atoms with E-state index in [1.165, 1.54) is 16.7 Å². The molecule has 1 unspecified atom stereocenters. The molecule has 0 aliphatic carbocycles. The number of nitrogens with zero attached hydrogens (tertiary/aromatic N) is 4. The van der Waals surface area contributed by atoms with Crippen LogP contribution in [0.4, 0.5) is 5.69 Å². The second-order valence-corrected chi connectivity index (χ2v) is 9.69. The van der Waals surface area contributed by atoms with Gasteiger partial charge in [-0.2, -0.15) is 5.26 Å². The number of aromatic nitrogens is 1. The van der Waals surface area contributed by atoms with Gasteiger partial charge in [0, 0.05) is 35.0 Å². The SMILES string of the molecule is CC1(C)CCCN(c2ccc3nccc(C(=O)NCC(=O)N4CSCC4C#N)c3c2)C1=O. The van der Waals surface area contributed by atoms with Crippen LogP contribution in [0.1, 0.15) is 37.0 Å². The van der Waals surface area contributed by atoms with Gasteiger partial charge >= 0.3 is 0 Å². The van der Waals surface area contributed by atoms with E-state index in [-0.39, 0.29) is 18.4 Å². The quantitative estimate of drug-likeness (QED) is 0.766. The zero-order valence-corrected chi connectivity index (χ0v) is 18.9. The Hall–Kier alpha value is -3.12. The highest BCUT2D eigenvalue weighted by molar-refractivity contribution is 7.99. The van der Waals surface area contributed by atoms with Gasteiger partial charge in [-0.3, -0.25) is 19.4 Å². The van der Waals surface area contributed by atoms with Crippen molar-refractivity contribution in [1.29, 1.82) is 5.26 Å². The number of hydrogen-bond donors (Lipinski definition) is 1. The maximum absolute atomic E-state index is 12.9. The number of amides is 3. The normalized spacial score (nSPS) is 20.3. The lowest BCUT2D eigenvalue weighted by atomic mass is 9.83. The van der Waals surface area contributed by atoms with Crippen LogP contribution in [0.5, 0.6) is 0 Å². The van der Waals surface area contributed by atoms with Crippen molar-refractivity contribution >= 4 is 46.1 Å². The van der Waals surface area contributed by atoms with E-state index in [1.54, 1.807) is 23.2 Å². The Morgan fingerprint density at radius 1 is 1.34 bits per heavy atom. The summed E-state index contributed by atoms with van der Waals surface area (Å²) in [6.45, 7) is 4.36. The van der Waals surface area contributed by atoms with Gasteiger partial charge in [0.2, 0.25) is 11.8 Å². The van der Waals surface area contributed by atoms with Crippen LogP contribution < -0.4 is 10.2 Å². The summed E-state index contributed by atoms with van der Waals surface area (Å²) in [4.78, 5) is 45.9. The average Bonchev–Trinajstić information content (AvgIpc) is 3.27. The number of benzene rings is 1. The molecule has 0 radical (unpaired) electrons. The number of piperidine rings is 1. The first-order valence-corrected chi connectivity index (χ1v) is 11.7. The molecule has 2 fully saturated rings. The first-order valence-electron chi connectivity index (χ1n) is 10.6. The summed E-state index contributed by atoms with van der Waals surface area (Å²) >= 11 is 1.52. The van der Waals surface area contributed by atoms with E-state index in [0.29, 0.717) is 34.6 Å². The van der Waals surface area contributed by atoms with E-state index in [1.807, 2.05) is 26.0 Å². The van der Waals surface area contributed by atoms with Crippen LogP contribution >= 0.6 is 11.8 Å². The van der Waals surface area contributed by atoms with Gasteiger partial charge in [0.15, 0.2) is 0 Å². The first-order chi connectivity index (χ1) is 15.3. The molecule has 166 valence electrons.